The number of benzene rings is 1. The first-order valence-corrected chi connectivity index (χ1v) is 10.0. The minimum absolute atomic E-state index is 0. The molecule has 0 spiro atoms. The van der Waals surface area contributed by atoms with Gasteiger partial charge in [-0.3, -0.25) is 0 Å². The van der Waals surface area contributed by atoms with E-state index in [0.717, 1.165) is 12.8 Å². The van der Waals surface area contributed by atoms with Crippen molar-refractivity contribution < 1.29 is 33.9 Å². The number of fused-ring (bicyclic) bond motifs is 1. The molecule has 0 radical (unpaired) electrons. The fourth-order valence-electron chi connectivity index (χ4n) is 3.56. The van der Waals surface area contributed by atoms with Crippen molar-refractivity contribution in [2.45, 2.75) is 96.9 Å². The van der Waals surface area contributed by atoms with Gasteiger partial charge in [-0.05, 0) is 25.8 Å². The fourth-order valence-corrected chi connectivity index (χ4v) is 3.56. The number of hydrogen-bond acceptors (Lipinski definition) is 7. The third-order valence-corrected chi connectivity index (χ3v) is 5.00. The van der Waals surface area contributed by atoms with Crippen molar-refractivity contribution in [3.05, 3.63) is 35.9 Å². The van der Waals surface area contributed by atoms with Crippen molar-refractivity contribution in [2.75, 3.05) is 6.61 Å². The van der Waals surface area contributed by atoms with Gasteiger partial charge in [0.25, 0.3) is 0 Å². The summed E-state index contributed by atoms with van der Waals surface area (Å²) in [7, 11) is 0. The summed E-state index contributed by atoms with van der Waals surface area (Å²) < 4.78 is 27.8. The first-order chi connectivity index (χ1) is 13.4. The van der Waals surface area contributed by atoms with E-state index in [1.807, 2.05) is 39.0 Å². The van der Waals surface area contributed by atoms with Crippen LogP contribution in [0.2, 0.25) is 0 Å². The maximum atomic E-state index is 8.92. The zero-order valence-corrected chi connectivity index (χ0v) is 16.8. The van der Waals surface area contributed by atoms with Crippen LogP contribution in [0.1, 0.15) is 53.0 Å². The lowest BCUT2D eigenvalue weighted by Gasteiger charge is -2.20. The molecule has 0 aliphatic carbocycles. The topological polar surface area (TPSA) is 86.6 Å². The molecule has 3 aliphatic heterocycles. The first kappa shape index (κ1) is 24.2. The van der Waals surface area contributed by atoms with Crippen LogP contribution in [-0.4, -0.2) is 59.6 Å². The molecule has 1 unspecified atom stereocenters. The average molecular weight is 413 g/mol. The molecule has 1 aromatic rings. The van der Waals surface area contributed by atoms with Crippen molar-refractivity contribution in [2.24, 2.45) is 0 Å². The van der Waals surface area contributed by atoms with Crippen LogP contribution < -0.4 is 0 Å². The van der Waals surface area contributed by atoms with Crippen LogP contribution >= 0.6 is 0 Å². The summed E-state index contributed by atoms with van der Waals surface area (Å²) in [4.78, 5) is 0. The van der Waals surface area contributed by atoms with Crippen LogP contribution in [0, 0.1) is 0 Å². The van der Waals surface area contributed by atoms with E-state index in [1.54, 1.807) is 0 Å². The molecule has 0 bridgehead atoms. The van der Waals surface area contributed by atoms with Crippen molar-refractivity contribution in [1.82, 2.24) is 0 Å². The zero-order chi connectivity index (χ0) is 20.1. The largest absolute Gasteiger partial charge is 0.388 e. The summed E-state index contributed by atoms with van der Waals surface area (Å²) >= 11 is 0. The minimum Gasteiger partial charge on any atom is -0.388 e. The van der Waals surface area contributed by atoms with Crippen LogP contribution in [0.15, 0.2) is 30.3 Å². The van der Waals surface area contributed by atoms with Gasteiger partial charge in [0.05, 0.1) is 25.4 Å². The monoisotopic (exact) mass is 412 g/mol. The van der Waals surface area contributed by atoms with Crippen LogP contribution in [0.5, 0.6) is 0 Å². The predicted molar refractivity (Wildman–Crippen MR) is 108 cm³/mol. The Morgan fingerprint density at radius 3 is 2.31 bits per heavy atom. The average Bonchev–Trinajstić information content (AvgIpc) is 3.26. The van der Waals surface area contributed by atoms with E-state index in [-0.39, 0.29) is 32.0 Å². The summed E-state index contributed by atoms with van der Waals surface area (Å²) in [6.45, 7) is 6.99. The summed E-state index contributed by atoms with van der Waals surface area (Å²) in [6.07, 6.45) is 0.560. The van der Waals surface area contributed by atoms with E-state index >= 15 is 0 Å². The molecule has 3 aliphatic rings. The Morgan fingerprint density at radius 1 is 1.03 bits per heavy atom. The fraction of sp³-hybridized carbons (Fsp3) is 0.727. The van der Waals surface area contributed by atoms with Gasteiger partial charge in [0.1, 0.15) is 12.2 Å². The molecule has 1 aromatic carbocycles. The van der Waals surface area contributed by atoms with Crippen LogP contribution in [0.3, 0.4) is 0 Å². The Bertz CT molecular complexity index is 568. The normalized spacial score (nSPS) is 34.8. The van der Waals surface area contributed by atoms with E-state index in [9.17, 15) is 0 Å². The van der Waals surface area contributed by atoms with E-state index in [4.69, 9.17) is 33.9 Å². The van der Waals surface area contributed by atoms with Crippen molar-refractivity contribution >= 4 is 0 Å². The number of aliphatic hydroxyl groups excluding tert-OH is 2. The van der Waals surface area contributed by atoms with Crippen molar-refractivity contribution in [3.63, 3.8) is 0 Å². The molecule has 166 valence electrons. The van der Waals surface area contributed by atoms with Gasteiger partial charge in [-0.1, -0.05) is 44.7 Å². The van der Waals surface area contributed by atoms with Gasteiger partial charge in [0.2, 0.25) is 0 Å². The summed E-state index contributed by atoms with van der Waals surface area (Å²) in [6, 6.07) is 10.1. The Labute approximate surface area is 173 Å². The van der Waals surface area contributed by atoms with E-state index < -0.39 is 18.2 Å². The number of ether oxygens (including phenoxy) is 5. The second-order valence-corrected chi connectivity index (χ2v) is 7.90. The Balaban J connectivity index is 0.000000255. The van der Waals surface area contributed by atoms with E-state index in [2.05, 4.69) is 12.1 Å². The molecule has 29 heavy (non-hydrogen) atoms. The summed E-state index contributed by atoms with van der Waals surface area (Å²) in [5.74, 6) is -0.523. The first-order valence-electron chi connectivity index (χ1n) is 10.0. The molecular weight excluding hydrogens is 376 g/mol. The molecule has 3 fully saturated rings. The van der Waals surface area contributed by atoms with Crippen molar-refractivity contribution in [1.29, 1.82) is 0 Å². The Morgan fingerprint density at radius 2 is 1.76 bits per heavy atom. The SMILES string of the molecule is C.CC1(C)O[C@H]2O[C@H](COCc3ccccc3)C[C@H]2O1.CC[C@@H]1C[C@@H](O)C(O)O1. The highest BCUT2D eigenvalue weighted by atomic mass is 16.8. The lowest BCUT2D eigenvalue weighted by molar-refractivity contribution is -0.209. The second-order valence-electron chi connectivity index (χ2n) is 7.90. The highest BCUT2D eigenvalue weighted by Gasteiger charge is 2.48. The smallest absolute Gasteiger partial charge is 0.187 e. The van der Waals surface area contributed by atoms with Gasteiger partial charge in [0, 0.05) is 12.8 Å². The van der Waals surface area contributed by atoms with Crippen molar-refractivity contribution in [3.8, 4) is 0 Å². The third-order valence-electron chi connectivity index (χ3n) is 5.00. The number of hydrogen-bond donors (Lipinski definition) is 2. The quantitative estimate of drug-likeness (QED) is 0.769. The highest BCUT2D eigenvalue weighted by molar-refractivity contribution is 5.13. The zero-order valence-electron chi connectivity index (χ0n) is 16.8. The molecule has 6 atom stereocenters. The van der Waals surface area contributed by atoms with E-state index in [1.165, 1.54) is 5.56 Å². The van der Waals surface area contributed by atoms with E-state index in [0.29, 0.717) is 19.6 Å². The van der Waals surface area contributed by atoms with Crippen LogP contribution in [0.25, 0.3) is 0 Å². The highest BCUT2D eigenvalue weighted by Crippen LogP contribution is 2.37. The molecule has 4 rings (SSSR count). The summed E-state index contributed by atoms with van der Waals surface area (Å²) in [5.41, 5.74) is 1.18. The van der Waals surface area contributed by atoms with Gasteiger partial charge in [-0.15, -0.1) is 0 Å². The molecule has 0 aromatic heterocycles. The molecule has 0 amide bonds. The molecular formula is C22H36O7. The molecule has 7 heteroatoms. The third kappa shape index (κ3) is 7.00. The number of rotatable bonds is 5. The summed E-state index contributed by atoms with van der Waals surface area (Å²) in [5, 5.41) is 17.8. The van der Waals surface area contributed by atoms with Gasteiger partial charge < -0.3 is 33.9 Å². The van der Waals surface area contributed by atoms with Crippen LogP contribution in [-0.2, 0) is 30.3 Å². The number of aliphatic hydroxyl groups is 2. The molecule has 2 N–H and O–H groups in total. The molecule has 7 nitrogen and oxygen atoms in total. The minimum atomic E-state index is -0.949. The second kappa shape index (κ2) is 10.8. The van der Waals surface area contributed by atoms with Crippen LogP contribution in [0.4, 0.5) is 0 Å². The van der Waals surface area contributed by atoms with Gasteiger partial charge in [-0.25, -0.2) is 0 Å². The standard InChI is InChI=1S/C15H20O4.C6H12O3.CH4/c1-15(2)18-13-8-12(17-14(13)19-15)10-16-9-11-6-4-3-5-7-11;1-2-4-3-5(7)6(8)9-4;/h3-7,12-14H,8-10H2,1-2H3;4-8H,2-3H2,1H3;1H4/t12-,13+,14+;4-,5-,6?;/m01./s1. The maximum absolute atomic E-state index is 8.92. The Kier molecular flexibility index (Phi) is 9.03. The lowest BCUT2D eigenvalue weighted by Crippen LogP contribution is -2.26. The van der Waals surface area contributed by atoms with Gasteiger partial charge in [0.15, 0.2) is 18.4 Å². The molecule has 3 heterocycles. The molecule has 3 saturated heterocycles. The maximum Gasteiger partial charge on any atom is 0.187 e. The van der Waals surface area contributed by atoms with Gasteiger partial charge >= 0.3 is 0 Å². The van der Waals surface area contributed by atoms with Gasteiger partial charge in [-0.2, -0.15) is 0 Å². The Hall–Kier alpha value is -1.06. The molecule has 0 saturated carbocycles. The predicted octanol–water partition coefficient (Wildman–Crippen LogP) is 2.97. The lowest BCUT2D eigenvalue weighted by atomic mass is 10.2.